The Balaban J connectivity index is 2.58. The quantitative estimate of drug-likeness (QED) is 0.749. The first-order chi connectivity index (χ1) is 10.5. The van der Waals surface area contributed by atoms with Crippen LogP contribution in [0, 0.1) is 13.8 Å². The van der Waals surface area contributed by atoms with E-state index in [-0.39, 0.29) is 11.8 Å². The number of nitrogens with one attached hydrogen (secondary N) is 1. The van der Waals surface area contributed by atoms with Crippen LogP contribution in [-0.2, 0) is 14.3 Å². The summed E-state index contributed by atoms with van der Waals surface area (Å²) in [5, 5.41) is 2.83. The van der Waals surface area contributed by atoms with E-state index in [2.05, 4.69) is 5.32 Å². The highest BCUT2D eigenvalue weighted by Gasteiger charge is 2.15. The molecule has 122 valence electrons. The molecule has 0 spiro atoms. The zero-order valence-corrected chi connectivity index (χ0v) is 13.9. The predicted molar refractivity (Wildman–Crippen MR) is 88.1 cm³/mol. The van der Waals surface area contributed by atoms with Crippen molar-refractivity contribution in [2.45, 2.75) is 33.6 Å². The molecule has 0 aliphatic heterocycles. The van der Waals surface area contributed by atoms with Crippen molar-refractivity contribution in [1.29, 1.82) is 0 Å². The first kappa shape index (κ1) is 18.2. The van der Waals surface area contributed by atoms with E-state index in [9.17, 15) is 9.59 Å². The summed E-state index contributed by atoms with van der Waals surface area (Å²) in [6, 6.07) is 5.95. The maximum absolute atomic E-state index is 11.9. The number of anilines is 1. The molecule has 0 saturated heterocycles. The molecule has 0 aromatic heterocycles. The molecule has 0 heterocycles. The SMILES string of the molecule is COCCCNC(=O)CCN(C(C)=O)c1ccc(C)cc1C. The van der Waals surface area contributed by atoms with E-state index in [0.29, 0.717) is 26.1 Å². The topological polar surface area (TPSA) is 58.6 Å². The second kappa shape index (κ2) is 9.20. The summed E-state index contributed by atoms with van der Waals surface area (Å²) in [5.41, 5.74) is 3.06. The van der Waals surface area contributed by atoms with Crippen LogP contribution >= 0.6 is 0 Å². The van der Waals surface area contributed by atoms with Gasteiger partial charge in [-0.3, -0.25) is 9.59 Å². The van der Waals surface area contributed by atoms with Crippen molar-refractivity contribution in [2.75, 3.05) is 31.7 Å². The van der Waals surface area contributed by atoms with Crippen molar-refractivity contribution >= 4 is 17.5 Å². The van der Waals surface area contributed by atoms with Crippen LogP contribution in [0.3, 0.4) is 0 Å². The number of amides is 2. The van der Waals surface area contributed by atoms with Gasteiger partial charge in [0, 0.05) is 45.8 Å². The van der Waals surface area contributed by atoms with Gasteiger partial charge in [-0.15, -0.1) is 0 Å². The lowest BCUT2D eigenvalue weighted by atomic mass is 10.1. The van der Waals surface area contributed by atoms with Gasteiger partial charge in [0.25, 0.3) is 0 Å². The minimum Gasteiger partial charge on any atom is -0.385 e. The second-order valence-electron chi connectivity index (χ2n) is 5.41. The van der Waals surface area contributed by atoms with Crippen molar-refractivity contribution in [3.8, 4) is 0 Å². The Morgan fingerprint density at radius 3 is 2.59 bits per heavy atom. The van der Waals surface area contributed by atoms with Gasteiger partial charge in [0.2, 0.25) is 11.8 Å². The third kappa shape index (κ3) is 5.85. The van der Waals surface area contributed by atoms with Crippen molar-refractivity contribution < 1.29 is 14.3 Å². The van der Waals surface area contributed by atoms with E-state index in [1.54, 1.807) is 12.0 Å². The number of ether oxygens (including phenoxy) is 1. The van der Waals surface area contributed by atoms with Gasteiger partial charge in [0.05, 0.1) is 0 Å². The first-order valence-corrected chi connectivity index (χ1v) is 7.56. The van der Waals surface area contributed by atoms with Gasteiger partial charge >= 0.3 is 0 Å². The molecule has 0 fully saturated rings. The van der Waals surface area contributed by atoms with Gasteiger partial charge in [-0.05, 0) is 31.9 Å². The van der Waals surface area contributed by atoms with Crippen LogP contribution in [0.4, 0.5) is 5.69 Å². The highest BCUT2D eigenvalue weighted by atomic mass is 16.5. The van der Waals surface area contributed by atoms with E-state index < -0.39 is 0 Å². The maximum atomic E-state index is 11.9. The molecule has 2 amide bonds. The summed E-state index contributed by atoms with van der Waals surface area (Å²) in [4.78, 5) is 25.3. The van der Waals surface area contributed by atoms with Gasteiger partial charge in [-0.1, -0.05) is 17.7 Å². The largest absolute Gasteiger partial charge is 0.385 e. The summed E-state index contributed by atoms with van der Waals surface area (Å²) in [6.07, 6.45) is 1.08. The predicted octanol–water partition coefficient (Wildman–Crippen LogP) is 2.20. The molecule has 5 heteroatoms. The molecule has 1 N–H and O–H groups in total. The number of hydrogen-bond acceptors (Lipinski definition) is 3. The van der Waals surface area contributed by atoms with Gasteiger partial charge in [0.15, 0.2) is 0 Å². The molecule has 1 aromatic carbocycles. The number of rotatable bonds is 8. The molecule has 0 atom stereocenters. The van der Waals surface area contributed by atoms with Crippen LogP contribution < -0.4 is 10.2 Å². The summed E-state index contributed by atoms with van der Waals surface area (Å²) in [7, 11) is 1.64. The molecule has 1 aromatic rings. The fourth-order valence-corrected chi connectivity index (χ4v) is 2.30. The molecule has 0 aliphatic rings. The molecule has 1 rings (SSSR count). The summed E-state index contributed by atoms with van der Waals surface area (Å²) in [5.74, 6) is -0.105. The van der Waals surface area contributed by atoms with Crippen LogP contribution in [0.15, 0.2) is 18.2 Å². The molecule has 22 heavy (non-hydrogen) atoms. The molecule has 0 saturated carbocycles. The molecule has 0 radical (unpaired) electrons. The lowest BCUT2D eigenvalue weighted by molar-refractivity contribution is -0.121. The lowest BCUT2D eigenvalue weighted by Gasteiger charge is -2.23. The van der Waals surface area contributed by atoms with Crippen LogP contribution in [0.5, 0.6) is 0 Å². The fraction of sp³-hybridized carbons (Fsp3) is 0.529. The number of carbonyl (C=O) groups is 2. The first-order valence-electron chi connectivity index (χ1n) is 7.56. The van der Waals surface area contributed by atoms with E-state index in [0.717, 1.165) is 23.2 Å². The number of carbonyl (C=O) groups excluding carboxylic acids is 2. The van der Waals surface area contributed by atoms with Crippen LogP contribution in [0.2, 0.25) is 0 Å². The molecule has 5 nitrogen and oxygen atoms in total. The van der Waals surface area contributed by atoms with E-state index in [1.165, 1.54) is 6.92 Å². The smallest absolute Gasteiger partial charge is 0.223 e. The third-order valence-electron chi connectivity index (χ3n) is 3.43. The number of benzene rings is 1. The average molecular weight is 306 g/mol. The number of hydrogen-bond donors (Lipinski definition) is 1. The molecule has 0 bridgehead atoms. The minimum atomic E-state index is -0.0564. The Morgan fingerprint density at radius 1 is 1.27 bits per heavy atom. The molecular weight excluding hydrogens is 280 g/mol. The van der Waals surface area contributed by atoms with Gasteiger partial charge in [-0.25, -0.2) is 0 Å². The number of methoxy groups -OCH3 is 1. The van der Waals surface area contributed by atoms with E-state index >= 15 is 0 Å². The molecule has 0 unspecified atom stereocenters. The van der Waals surface area contributed by atoms with Crippen LogP contribution in [-0.4, -0.2) is 38.6 Å². The fourth-order valence-electron chi connectivity index (χ4n) is 2.30. The number of aryl methyl sites for hydroxylation is 2. The highest BCUT2D eigenvalue weighted by molar-refractivity contribution is 5.93. The lowest BCUT2D eigenvalue weighted by Crippen LogP contribution is -2.34. The van der Waals surface area contributed by atoms with Crippen molar-refractivity contribution in [1.82, 2.24) is 5.32 Å². The van der Waals surface area contributed by atoms with E-state index in [1.807, 2.05) is 32.0 Å². The summed E-state index contributed by atoms with van der Waals surface area (Å²) in [6.45, 7) is 7.12. The van der Waals surface area contributed by atoms with Crippen molar-refractivity contribution in [3.63, 3.8) is 0 Å². The normalized spacial score (nSPS) is 10.4. The molecular formula is C17H26N2O3. The standard InChI is InChI=1S/C17H26N2O3/c1-13-6-7-16(14(2)12-13)19(15(3)20)10-8-17(21)18-9-5-11-22-4/h6-7,12H,5,8-11H2,1-4H3,(H,18,21). The Kier molecular flexibility index (Phi) is 7.60. The number of nitrogens with zero attached hydrogens (tertiary/aromatic N) is 1. The third-order valence-corrected chi connectivity index (χ3v) is 3.43. The zero-order valence-electron chi connectivity index (χ0n) is 13.9. The Labute approximate surface area is 132 Å². The average Bonchev–Trinajstić information content (AvgIpc) is 2.45. The summed E-state index contributed by atoms with van der Waals surface area (Å²) >= 11 is 0. The molecule has 0 aliphatic carbocycles. The summed E-state index contributed by atoms with van der Waals surface area (Å²) < 4.78 is 4.93. The highest BCUT2D eigenvalue weighted by Crippen LogP contribution is 2.21. The monoisotopic (exact) mass is 306 g/mol. The van der Waals surface area contributed by atoms with Gasteiger partial charge < -0.3 is 15.0 Å². The zero-order chi connectivity index (χ0) is 16.5. The Morgan fingerprint density at radius 2 is 2.00 bits per heavy atom. The van der Waals surface area contributed by atoms with Crippen LogP contribution in [0.1, 0.15) is 30.9 Å². The Hall–Kier alpha value is -1.88. The van der Waals surface area contributed by atoms with Crippen molar-refractivity contribution in [3.05, 3.63) is 29.3 Å². The van der Waals surface area contributed by atoms with E-state index in [4.69, 9.17) is 4.74 Å². The maximum Gasteiger partial charge on any atom is 0.223 e. The van der Waals surface area contributed by atoms with Gasteiger partial charge in [0.1, 0.15) is 0 Å². The van der Waals surface area contributed by atoms with Crippen LogP contribution in [0.25, 0.3) is 0 Å². The minimum absolute atomic E-state index is 0.0490. The second-order valence-corrected chi connectivity index (χ2v) is 5.41. The van der Waals surface area contributed by atoms with Crippen molar-refractivity contribution in [2.24, 2.45) is 0 Å². The Bertz CT molecular complexity index is 515. The van der Waals surface area contributed by atoms with Gasteiger partial charge in [-0.2, -0.15) is 0 Å².